The Kier molecular flexibility index (Phi) is 5.47. The Morgan fingerprint density at radius 2 is 2.19 bits per heavy atom. The SMILES string of the molecule is CC(C)CN(C(=O)c1cc(F)cc(Cl)c1Cl)C1CCNC1. The largest absolute Gasteiger partial charge is 0.334 e. The third-order valence-corrected chi connectivity index (χ3v) is 4.32. The number of rotatable bonds is 4. The van der Waals surface area contributed by atoms with Gasteiger partial charge in [-0.25, -0.2) is 4.39 Å². The van der Waals surface area contributed by atoms with Crippen LogP contribution < -0.4 is 5.32 Å². The van der Waals surface area contributed by atoms with Crippen LogP contribution in [0.4, 0.5) is 4.39 Å². The first kappa shape index (κ1) is 16.5. The Morgan fingerprint density at radius 3 is 2.76 bits per heavy atom. The molecule has 1 amide bonds. The van der Waals surface area contributed by atoms with Crippen LogP contribution in [0.25, 0.3) is 0 Å². The van der Waals surface area contributed by atoms with Crippen LogP contribution in [0.15, 0.2) is 12.1 Å². The van der Waals surface area contributed by atoms with E-state index < -0.39 is 5.82 Å². The van der Waals surface area contributed by atoms with Crippen LogP contribution in [-0.2, 0) is 0 Å². The molecule has 0 spiro atoms. The summed E-state index contributed by atoms with van der Waals surface area (Å²) in [6, 6.07) is 2.38. The second kappa shape index (κ2) is 6.95. The predicted molar refractivity (Wildman–Crippen MR) is 83.6 cm³/mol. The highest BCUT2D eigenvalue weighted by Crippen LogP contribution is 2.29. The van der Waals surface area contributed by atoms with Crippen LogP contribution in [-0.4, -0.2) is 36.5 Å². The topological polar surface area (TPSA) is 32.3 Å². The van der Waals surface area contributed by atoms with Crippen molar-refractivity contribution in [1.82, 2.24) is 10.2 Å². The molecule has 1 fully saturated rings. The quantitative estimate of drug-likeness (QED) is 0.854. The normalized spacial score (nSPS) is 18.3. The molecule has 6 heteroatoms. The van der Waals surface area contributed by atoms with Gasteiger partial charge in [0, 0.05) is 19.1 Å². The van der Waals surface area contributed by atoms with Gasteiger partial charge in [-0.1, -0.05) is 37.0 Å². The highest BCUT2D eigenvalue weighted by Gasteiger charge is 2.29. The van der Waals surface area contributed by atoms with Gasteiger partial charge in [0.2, 0.25) is 0 Å². The number of amides is 1. The first-order chi connectivity index (χ1) is 9.90. The van der Waals surface area contributed by atoms with Crippen molar-refractivity contribution in [2.45, 2.75) is 26.3 Å². The van der Waals surface area contributed by atoms with E-state index in [0.717, 1.165) is 31.6 Å². The lowest BCUT2D eigenvalue weighted by Crippen LogP contribution is -2.43. The van der Waals surface area contributed by atoms with E-state index in [9.17, 15) is 9.18 Å². The van der Waals surface area contributed by atoms with Crippen molar-refractivity contribution in [1.29, 1.82) is 0 Å². The summed E-state index contributed by atoms with van der Waals surface area (Å²) >= 11 is 12.0. The number of hydrogen-bond donors (Lipinski definition) is 1. The summed E-state index contributed by atoms with van der Waals surface area (Å²) in [4.78, 5) is 14.6. The summed E-state index contributed by atoms with van der Waals surface area (Å²) in [5, 5.41) is 3.42. The predicted octanol–water partition coefficient (Wildman–Crippen LogP) is 3.59. The van der Waals surface area contributed by atoms with E-state index in [1.54, 1.807) is 4.90 Å². The van der Waals surface area contributed by atoms with Crippen molar-refractivity contribution in [3.05, 3.63) is 33.6 Å². The summed E-state index contributed by atoms with van der Waals surface area (Å²) in [6.07, 6.45) is 0.888. The lowest BCUT2D eigenvalue weighted by atomic mass is 10.1. The number of hydrogen-bond acceptors (Lipinski definition) is 2. The van der Waals surface area contributed by atoms with Crippen molar-refractivity contribution < 1.29 is 9.18 Å². The molecule has 1 heterocycles. The molecule has 0 bridgehead atoms. The van der Waals surface area contributed by atoms with Gasteiger partial charge in [0.15, 0.2) is 0 Å². The maximum absolute atomic E-state index is 13.5. The fourth-order valence-corrected chi connectivity index (χ4v) is 2.96. The van der Waals surface area contributed by atoms with Crippen LogP contribution >= 0.6 is 23.2 Å². The second-order valence-electron chi connectivity index (χ2n) is 5.75. The molecular weight excluding hydrogens is 314 g/mol. The Bertz CT molecular complexity index is 531. The Morgan fingerprint density at radius 1 is 1.48 bits per heavy atom. The number of nitrogens with one attached hydrogen (secondary N) is 1. The molecule has 0 aliphatic carbocycles. The summed E-state index contributed by atoms with van der Waals surface area (Å²) in [6.45, 7) is 6.32. The molecule has 0 radical (unpaired) electrons. The summed E-state index contributed by atoms with van der Waals surface area (Å²) in [5.74, 6) is -0.497. The minimum Gasteiger partial charge on any atom is -0.334 e. The van der Waals surface area contributed by atoms with E-state index in [0.29, 0.717) is 12.5 Å². The van der Waals surface area contributed by atoms with Gasteiger partial charge in [0.1, 0.15) is 5.82 Å². The van der Waals surface area contributed by atoms with Gasteiger partial charge in [-0.05, 0) is 31.0 Å². The van der Waals surface area contributed by atoms with E-state index in [1.807, 2.05) is 13.8 Å². The summed E-state index contributed by atoms with van der Waals surface area (Å²) in [7, 11) is 0. The maximum Gasteiger partial charge on any atom is 0.255 e. The van der Waals surface area contributed by atoms with Crippen molar-refractivity contribution in [2.24, 2.45) is 5.92 Å². The van der Waals surface area contributed by atoms with Gasteiger partial charge in [0.05, 0.1) is 15.6 Å². The lowest BCUT2D eigenvalue weighted by molar-refractivity contribution is 0.0667. The van der Waals surface area contributed by atoms with Gasteiger partial charge < -0.3 is 10.2 Å². The van der Waals surface area contributed by atoms with E-state index in [1.165, 1.54) is 0 Å². The molecular formula is C15H19Cl2FN2O. The van der Waals surface area contributed by atoms with Crippen molar-refractivity contribution in [3.8, 4) is 0 Å². The van der Waals surface area contributed by atoms with Crippen LogP contribution in [0.2, 0.25) is 10.0 Å². The fraction of sp³-hybridized carbons (Fsp3) is 0.533. The zero-order valence-corrected chi connectivity index (χ0v) is 13.6. The number of halogens is 3. The van der Waals surface area contributed by atoms with Crippen molar-refractivity contribution >= 4 is 29.1 Å². The summed E-state index contributed by atoms with van der Waals surface area (Å²) < 4.78 is 13.5. The minimum atomic E-state index is -0.554. The first-order valence-electron chi connectivity index (χ1n) is 7.06. The van der Waals surface area contributed by atoms with Crippen LogP contribution in [0.5, 0.6) is 0 Å². The zero-order valence-electron chi connectivity index (χ0n) is 12.1. The molecule has 3 nitrogen and oxygen atoms in total. The number of benzene rings is 1. The Balaban J connectivity index is 2.33. The molecule has 1 unspecified atom stereocenters. The number of carbonyl (C=O) groups is 1. The molecule has 0 saturated carbocycles. The van der Waals surface area contributed by atoms with Crippen molar-refractivity contribution in [3.63, 3.8) is 0 Å². The number of carbonyl (C=O) groups excluding carboxylic acids is 1. The standard InChI is InChI=1S/C15H19Cl2FN2O/c1-9(2)8-20(11-3-4-19-7-11)15(21)12-5-10(18)6-13(16)14(12)17/h5-6,9,11,19H,3-4,7-8H2,1-2H3. The fourth-order valence-electron chi connectivity index (χ4n) is 2.56. The number of nitrogens with zero attached hydrogens (tertiary/aromatic N) is 1. The Labute approximate surface area is 134 Å². The third kappa shape index (κ3) is 3.87. The van der Waals surface area contributed by atoms with E-state index in [-0.39, 0.29) is 27.6 Å². The van der Waals surface area contributed by atoms with Crippen LogP contribution in [0, 0.1) is 11.7 Å². The summed E-state index contributed by atoms with van der Waals surface area (Å²) in [5.41, 5.74) is 0.134. The molecule has 1 aliphatic heterocycles. The molecule has 1 aliphatic rings. The van der Waals surface area contributed by atoms with Crippen LogP contribution in [0.3, 0.4) is 0 Å². The van der Waals surface area contributed by atoms with Gasteiger partial charge in [-0.2, -0.15) is 0 Å². The molecule has 1 N–H and O–H groups in total. The van der Waals surface area contributed by atoms with Gasteiger partial charge in [0.25, 0.3) is 5.91 Å². The highest BCUT2D eigenvalue weighted by atomic mass is 35.5. The highest BCUT2D eigenvalue weighted by molar-refractivity contribution is 6.43. The monoisotopic (exact) mass is 332 g/mol. The Hall–Kier alpha value is -0.840. The molecule has 1 aromatic carbocycles. The van der Waals surface area contributed by atoms with Gasteiger partial charge in [-0.15, -0.1) is 0 Å². The van der Waals surface area contributed by atoms with E-state index in [2.05, 4.69) is 5.32 Å². The first-order valence-corrected chi connectivity index (χ1v) is 7.82. The molecule has 1 atom stereocenters. The molecule has 1 saturated heterocycles. The molecule has 2 rings (SSSR count). The average Bonchev–Trinajstić information content (AvgIpc) is 2.93. The minimum absolute atomic E-state index is 0.0639. The van der Waals surface area contributed by atoms with E-state index in [4.69, 9.17) is 23.2 Å². The van der Waals surface area contributed by atoms with Gasteiger partial charge in [-0.3, -0.25) is 4.79 Å². The average molecular weight is 333 g/mol. The lowest BCUT2D eigenvalue weighted by Gasteiger charge is -2.30. The second-order valence-corrected chi connectivity index (χ2v) is 6.53. The van der Waals surface area contributed by atoms with Crippen molar-refractivity contribution in [2.75, 3.05) is 19.6 Å². The molecule has 116 valence electrons. The molecule has 0 aromatic heterocycles. The smallest absolute Gasteiger partial charge is 0.255 e. The van der Waals surface area contributed by atoms with E-state index >= 15 is 0 Å². The van der Waals surface area contributed by atoms with Gasteiger partial charge >= 0.3 is 0 Å². The maximum atomic E-state index is 13.5. The third-order valence-electron chi connectivity index (χ3n) is 3.52. The zero-order chi connectivity index (χ0) is 15.6. The molecule has 1 aromatic rings. The molecule has 21 heavy (non-hydrogen) atoms. The van der Waals surface area contributed by atoms with Crippen LogP contribution in [0.1, 0.15) is 30.6 Å².